The van der Waals surface area contributed by atoms with E-state index in [4.69, 9.17) is 4.74 Å². The molecule has 3 rings (SSSR count). The fourth-order valence-electron chi connectivity index (χ4n) is 3.02. The van der Waals surface area contributed by atoms with Gasteiger partial charge in [-0.1, -0.05) is 0 Å². The van der Waals surface area contributed by atoms with Crippen molar-refractivity contribution in [3.05, 3.63) is 18.0 Å². The number of ether oxygens (including phenoxy) is 1. The molecule has 2 fully saturated rings. The average molecular weight is 292 g/mol. The van der Waals surface area contributed by atoms with Crippen LogP contribution in [0, 0.1) is 5.92 Å². The quantitative estimate of drug-likeness (QED) is 0.881. The molecule has 2 atom stereocenters. The van der Waals surface area contributed by atoms with Crippen LogP contribution in [-0.2, 0) is 14.3 Å². The Hall–Kier alpha value is -1.89. The number of aromatic amines is 1. The third kappa shape index (κ3) is 2.65. The van der Waals surface area contributed by atoms with E-state index in [2.05, 4.69) is 10.2 Å². The van der Waals surface area contributed by atoms with E-state index < -0.39 is 0 Å². The van der Waals surface area contributed by atoms with Crippen LogP contribution in [0.3, 0.4) is 0 Å². The Labute approximate surface area is 123 Å². The molecule has 2 saturated heterocycles. The number of aromatic nitrogens is 2. The van der Waals surface area contributed by atoms with Crippen molar-refractivity contribution in [2.24, 2.45) is 5.92 Å². The minimum Gasteiger partial charge on any atom is -0.371 e. The molecule has 0 radical (unpaired) electrons. The third-order valence-electron chi connectivity index (χ3n) is 4.18. The molecule has 7 heteroatoms. The van der Waals surface area contributed by atoms with E-state index in [9.17, 15) is 9.59 Å². The standard InChI is InChI=1S/C14H20N4O3/c1-2-17-9-18(8-12(17)19)14(20)10-4-3-7-21-13(10)11-5-6-15-16-11/h5-6,10,13H,2-4,7-9H2,1H3,(H,15,16)/t10-,13-/m1/s1. The SMILES string of the molecule is CCN1CN(C(=O)[C@@H]2CCCO[C@H]2c2ccn[nH]2)CC1=O. The molecule has 1 N–H and O–H groups in total. The van der Waals surface area contributed by atoms with Crippen LogP contribution in [0.4, 0.5) is 0 Å². The lowest BCUT2D eigenvalue weighted by atomic mass is 9.91. The molecule has 114 valence electrons. The summed E-state index contributed by atoms with van der Waals surface area (Å²) in [4.78, 5) is 27.9. The van der Waals surface area contributed by atoms with Crippen molar-refractivity contribution in [1.29, 1.82) is 0 Å². The molecule has 0 unspecified atom stereocenters. The first kappa shape index (κ1) is 14.1. The maximum absolute atomic E-state index is 12.7. The lowest BCUT2D eigenvalue weighted by Crippen LogP contribution is -2.40. The first-order valence-corrected chi connectivity index (χ1v) is 7.38. The number of amides is 2. The molecular weight excluding hydrogens is 272 g/mol. The molecular formula is C14H20N4O3. The number of rotatable bonds is 3. The van der Waals surface area contributed by atoms with E-state index in [1.165, 1.54) is 0 Å². The number of H-pyrrole nitrogens is 1. The topological polar surface area (TPSA) is 78.5 Å². The summed E-state index contributed by atoms with van der Waals surface area (Å²) in [6, 6.07) is 1.84. The fraction of sp³-hybridized carbons (Fsp3) is 0.643. The number of carbonyl (C=O) groups excluding carboxylic acids is 2. The van der Waals surface area contributed by atoms with Crippen LogP contribution in [0.1, 0.15) is 31.6 Å². The van der Waals surface area contributed by atoms with E-state index in [1.807, 2.05) is 13.0 Å². The zero-order valence-electron chi connectivity index (χ0n) is 12.1. The Balaban J connectivity index is 1.74. The van der Waals surface area contributed by atoms with Crippen LogP contribution in [-0.4, -0.2) is 58.2 Å². The van der Waals surface area contributed by atoms with Gasteiger partial charge in [-0.2, -0.15) is 5.10 Å². The number of hydrogen-bond donors (Lipinski definition) is 1. The number of hydrogen-bond acceptors (Lipinski definition) is 4. The van der Waals surface area contributed by atoms with Crippen LogP contribution in [0.5, 0.6) is 0 Å². The monoisotopic (exact) mass is 292 g/mol. The molecule has 3 heterocycles. The third-order valence-corrected chi connectivity index (χ3v) is 4.18. The second-order valence-electron chi connectivity index (χ2n) is 5.48. The first-order valence-electron chi connectivity index (χ1n) is 7.38. The van der Waals surface area contributed by atoms with Gasteiger partial charge in [0.2, 0.25) is 11.8 Å². The first-order chi connectivity index (χ1) is 10.2. The highest BCUT2D eigenvalue weighted by Crippen LogP contribution is 2.34. The Morgan fingerprint density at radius 3 is 3.10 bits per heavy atom. The second-order valence-corrected chi connectivity index (χ2v) is 5.48. The molecule has 7 nitrogen and oxygen atoms in total. The summed E-state index contributed by atoms with van der Waals surface area (Å²) >= 11 is 0. The number of nitrogens with one attached hydrogen (secondary N) is 1. The summed E-state index contributed by atoms with van der Waals surface area (Å²) in [7, 11) is 0. The van der Waals surface area contributed by atoms with E-state index in [1.54, 1.807) is 16.0 Å². The largest absolute Gasteiger partial charge is 0.371 e. The fourth-order valence-corrected chi connectivity index (χ4v) is 3.02. The Morgan fingerprint density at radius 2 is 2.43 bits per heavy atom. The van der Waals surface area contributed by atoms with Crippen LogP contribution in [0.25, 0.3) is 0 Å². The molecule has 0 aliphatic carbocycles. The van der Waals surface area contributed by atoms with Gasteiger partial charge in [0, 0.05) is 19.3 Å². The maximum Gasteiger partial charge on any atom is 0.243 e. The van der Waals surface area contributed by atoms with Gasteiger partial charge in [-0.15, -0.1) is 0 Å². The summed E-state index contributed by atoms with van der Waals surface area (Å²) in [6.07, 6.45) is 3.01. The summed E-state index contributed by atoms with van der Waals surface area (Å²) in [5.74, 6) is -0.233. The maximum atomic E-state index is 12.7. The van der Waals surface area contributed by atoms with Crippen molar-refractivity contribution < 1.29 is 14.3 Å². The highest BCUT2D eigenvalue weighted by molar-refractivity contribution is 5.89. The van der Waals surface area contributed by atoms with Gasteiger partial charge >= 0.3 is 0 Å². The van der Waals surface area contributed by atoms with Crippen molar-refractivity contribution in [2.45, 2.75) is 25.9 Å². The average Bonchev–Trinajstić information content (AvgIpc) is 3.15. The molecule has 1 aromatic heterocycles. The molecule has 0 bridgehead atoms. The summed E-state index contributed by atoms with van der Waals surface area (Å²) in [6.45, 7) is 3.77. The van der Waals surface area contributed by atoms with Crippen molar-refractivity contribution in [3.63, 3.8) is 0 Å². The van der Waals surface area contributed by atoms with Crippen LogP contribution >= 0.6 is 0 Å². The second kappa shape index (κ2) is 5.85. The number of carbonyl (C=O) groups is 2. The van der Waals surface area contributed by atoms with Gasteiger partial charge < -0.3 is 14.5 Å². The van der Waals surface area contributed by atoms with Gasteiger partial charge in [0.25, 0.3) is 0 Å². The van der Waals surface area contributed by atoms with Crippen LogP contribution in [0.15, 0.2) is 12.3 Å². The van der Waals surface area contributed by atoms with Gasteiger partial charge in [0.1, 0.15) is 12.6 Å². The van der Waals surface area contributed by atoms with E-state index in [-0.39, 0.29) is 30.4 Å². The van der Waals surface area contributed by atoms with E-state index in [0.29, 0.717) is 19.8 Å². The Bertz CT molecular complexity index is 516. The molecule has 0 spiro atoms. The lowest BCUT2D eigenvalue weighted by Gasteiger charge is -2.32. The zero-order valence-corrected chi connectivity index (χ0v) is 12.1. The minimum absolute atomic E-state index is 0.00130. The molecule has 2 amide bonds. The molecule has 2 aliphatic rings. The molecule has 21 heavy (non-hydrogen) atoms. The molecule has 2 aliphatic heterocycles. The van der Waals surface area contributed by atoms with Gasteiger partial charge in [-0.25, -0.2) is 0 Å². The number of likely N-dealkylation sites (N-methyl/N-ethyl adjacent to an activating group) is 1. The van der Waals surface area contributed by atoms with Crippen molar-refractivity contribution in [1.82, 2.24) is 20.0 Å². The van der Waals surface area contributed by atoms with Gasteiger partial charge in [-0.05, 0) is 25.8 Å². The predicted octanol–water partition coefficient (Wildman–Crippen LogP) is 0.526. The normalized spacial score (nSPS) is 26.4. The smallest absolute Gasteiger partial charge is 0.243 e. The summed E-state index contributed by atoms with van der Waals surface area (Å²) < 4.78 is 5.78. The van der Waals surface area contributed by atoms with Gasteiger partial charge in [-0.3, -0.25) is 14.7 Å². The summed E-state index contributed by atoms with van der Waals surface area (Å²) in [5, 5.41) is 6.82. The number of nitrogens with zero attached hydrogens (tertiary/aromatic N) is 3. The Morgan fingerprint density at radius 1 is 1.57 bits per heavy atom. The molecule has 0 aromatic carbocycles. The lowest BCUT2D eigenvalue weighted by molar-refractivity contribution is -0.145. The van der Waals surface area contributed by atoms with Gasteiger partial charge in [0.15, 0.2) is 0 Å². The van der Waals surface area contributed by atoms with E-state index >= 15 is 0 Å². The van der Waals surface area contributed by atoms with Crippen molar-refractivity contribution >= 4 is 11.8 Å². The molecule has 0 saturated carbocycles. The zero-order chi connectivity index (χ0) is 14.8. The summed E-state index contributed by atoms with van der Waals surface area (Å²) in [5.41, 5.74) is 0.825. The van der Waals surface area contributed by atoms with E-state index in [0.717, 1.165) is 18.5 Å². The highest BCUT2D eigenvalue weighted by atomic mass is 16.5. The van der Waals surface area contributed by atoms with Crippen LogP contribution < -0.4 is 0 Å². The van der Waals surface area contributed by atoms with Crippen molar-refractivity contribution in [3.8, 4) is 0 Å². The predicted molar refractivity (Wildman–Crippen MR) is 74.0 cm³/mol. The van der Waals surface area contributed by atoms with Crippen LogP contribution in [0.2, 0.25) is 0 Å². The Kier molecular flexibility index (Phi) is 3.92. The highest BCUT2D eigenvalue weighted by Gasteiger charge is 2.39. The van der Waals surface area contributed by atoms with Gasteiger partial charge in [0.05, 0.1) is 18.3 Å². The molecule has 1 aromatic rings. The minimum atomic E-state index is -0.292. The van der Waals surface area contributed by atoms with Crippen molar-refractivity contribution in [2.75, 3.05) is 26.4 Å².